The molecule has 3 aliphatic heterocycles. The molecule has 0 spiro atoms. The molecule has 2 bridgehead atoms. The van der Waals surface area contributed by atoms with Crippen molar-refractivity contribution in [3.63, 3.8) is 0 Å². The molecule has 1 N–H and O–H groups in total. The van der Waals surface area contributed by atoms with Gasteiger partial charge in [0.05, 0.1) is 23.5 Å². The average molecular weight is 503 g/mol. The first-order valence-electron chi connectivity index (χ1n) is 11.7. The van der Waals surface area contributed by atoms with E-state index >= 15 is 0 Å². The maximum absolute atomic E-state index is 11.9. The minimum absolute atomic E-state index is 0.101. The SMILES string of the molecule is CC(C)[C@]12COC[C@H](CN(C(=O)O)C1)C2Oc1cc(N2CCc3cc(S(C)(=O)=O)ccc32)ncn1. The Morgan fingerprint density at radius 3 is 2.80 bits per heavy atom. The highest BCUT2D eigenvalue weighted by Crippen LogP contribution is 2.45. The molecular formula is C24H30N4O6S. The van der Waals surface area contributed by atoms with Crippen LogP contribution in [0, 0.1) is 17.3 Å². The molecule has 1 unspecified atom stereocenters. The van der Waals surface area contributed by atoms with Gasteiger partial charge in [-0.1, -0.05) is 13.8 Å². The summed E-state index contributed by atoms with van der Waals surface area (Å²) in [5.41, 5.74) is 1.40. The van der Waals surface area contributed by atoms with E-state index < -0.39 is 21.3 Å². The lowest BCUT2D eigenvalue weighted by atomic mass is 9.65. The summed E-state index contributed by atoms with van der Waals surface area (Å²) in [5, 5.41) is 9.65. The first-order valence-corrected chi connectivity index (χ1v) is 13.6. The number of piperidine rings is 1. The Morgan fingerprint density at radius 2 is 2.09 bits per heavy atom. The fourth-order valence-electron chi connectivity index (χ4n) is 5.58. The molecule has 4 heterocycles. The smallest absolute Gasteiger partial charge is 0.407 e. The number of sulfone groups is 1. The molecule has 0 radical (unpaired) electrons. The van der Waals surface area contributed by atoms with Crippen LogP contribution in [0.5, 0.6) is 5.88 Å². The van der Waals surface area contributed by atoms with Gasteiger partial charge in [0.15, 0.2) is 9.84 Å². The molecule has 5 rings (SSSR count). The van der Waals surface area contributed by atoms with Crippen LogP contribution >= 0.6 is 0 Å². The number of nitrogens with zero attached hydrogens (tertiary/aromatic N) is 4. The van der Waals surface area contributed by atoms with E-state index in [9.17, 15) is 18.3 Å². The molecule has 2 saturated heterocycles. The lowest BCUT2D eigenvalue weighted by Crippen LogP contribution is -2.67. The highest BCUT2D eigenvalue weighted by atomic mass is 32.2. The maximum Gasteiger partial charge on any atom is 0.407 e. The van der Waals surface area contributed by atoms with Gasteiger partial charge in [-0.05, 0) is 36.1 Å². The molecule has 1 aromatic carbocycles. The van der Waals surface area contributed by atoms with Gasteiger partial charge >= 0.3 is 6.09 Å². The molecular weight excluding hydrogens is 472 g/mol. The number of hydrogen-bond donors (Lipinski definition) is 1. The third kappa shape index (κ3) is 4.20. The van der Waals surface area contributed by atoms with Crippen LogP contribution in [0.4, 0.5) is 16.3 Å². The van der Waals surface area contributed by atoms with Crippen LogP contribution in [0.15, 0.2) is 35.5 Å². The van der Waals surface area contributed by atoms with Gasteiger partial charge < -0.3 is 24.4 Å². The lowest BCUT2D eigenvalue weighted by molar-refractivity contribution is -0.181. The number of amides is 1. The molecule has 1 amide bonds. The lowest BCUT2D eigenvalue weighted by Gasteiger charge is -2.55. The first-order chi connectivity index (χ1) is 16.6. The molecule has 3 aliphatic rings. The Bertz CT molecular complexity index is 1250. The molecule has 2 fully saturated rings. The van der Waals surface area contributed by atoms with E-state index in [1.165, 1.54) is 17.5 Å². The number of carbonyl (C=O) groups is 1. The quantitative estimate of drug-likeness (QED) is 0.657. The Morgan fingerprint density at radius 1 is 1.29 bits per heavy atom. The average Bonchev–Trinajstić information content (AvgIpc) is 3.22. The summed E-state index contributed by atoms with van der Waals surface area (Å²) in [4.78, 5) is 24.4. The molecule has 11 heteroatoms. The number of benzene rings is 1. The van der Waals surface area contributed by atoms with Gasteiger partial charge in [-0.2, -0.15) is 0 Å². The maximum atomic E-state index is 11.9. The summed E-state index contributed by atoms with van der Waals surface area (Å²) in [6.07, 6.45) is 2.23. The van der Waals surface area contributed by atoms with E-state index in [1.807, 2.05) is 11.0 Å². The van der Waals surface area contributed by atoms with Crippen LogP contribution in [-0.4, -0.2) is 79.7 Å². The number of rotatable bonds is 5. The summed E-state index contributed by atoms with van der Waals surface area (Å²) >= 11 is 0. The highest BCUT2D eigenvalue weighted by molar-refractivity contribution is 7.90. The van der Waals surface area contributed by atoms with Crippen molar-refractivity contribution < 1.29 is 27.8 Å². The number of carboxylic acid groups (broad SMARTS) is 1. The standard InChI is InChI=1S/C24H30N4O6S/c1-15(2)24-12-27(23(29)30)10-17(11-33-13-24)22(24)34-21-9-20(25-14-26-21)28-7-6-16-8-18(35(3,31)32)4-5-19(16)28/h4-5,8-9,14-15,17,22H,6-7,10-13H2,1-3H3,(H,29,30)/t17-,22?,24+/m0/s1. The van der Waals surface area contributed by atoms with Crippen LogP contribution in [0.1, 0.15) is 19.4 Å². The minimum Gasteiger partial charge on any atom is -0.473 e. The second kappa shape index (κ2) is 8.63. The van der Waals surface area contributed by atoms with Crippen LogP contribution in [-0.2, 0) is 21.0 Å². The molecule has 1 aromatic heterocycles. The monoisotopic (exact) mass is 502 g/mol. The van der Waals surface area contributed by atoms with Crippen molar-refractivity contribution in [3.05, 3.63) is 36.2 Å². The van der Waals surface area contributed by atoms with Gasteiger partial charge in [0.25, 0.3) is 0 Å². The Labute approximate surface area is 204 Å². The number of likely N-dealkylation sites (tertiary alicyclic amines) is 1. The Hall–Kier alpha value is -2.92. The van der Waals surface area contributed by atoms with Gasteiger partial charge in [0.1, 0.15) is 18.2 Å². The van der Waals surface area contributed by atoms with E-state index in [0.29, 0.717) is 55.9 Å². The van der Waals surface area contributed by atoms with Crippen LogP contribution in [0.2, 0.25) is 0 Å². The van der Waals surface area contributed by atoms with E-state index in [2.05, 4.69) is 23.8 Å². The van der Waals surface area contributed by atoms with E-state index in [4.69, 9.17) is 9.47 Å². The number of ether oxygens (including phenoxy) is 2. The predicted molar refractivity (Wildman–Crippen MR) is 128 cm³/mol. The van der Waals surface area contributed by atoms with Crippen molar-refractivity contribution in [1.82, 2.24) is 14.9 Å². The molecule has 188 valence electrons. The van der Waals surface area contributed by atoms with Crippen molar-refractivity contribution in [2.24, 2.45) is 17.3 Å². The van der Waals surface area contributed by atoms with E-state index in [1.54, 1.807) is 18.2 Å². The van der Waals surface area contributed by atoms with Crippen molar-refractivity contribution in [1.29, 1.82) is 0 Å². The van der Waals surface area contributed by atoms with Gasteiger partial charge in [0, 0.05) is 43.6 Å². The molecule has 0 saturated carbocycles. The zero-order chi connectivity index (χ0) is 25.0. The molecule has 0 aliphatic carbocycles. The van der Waals surface area contributed by atoms with Crippen LogP contribution in [0.25, 0.3) is 0 Å². The van der Waals surface area contributed by atoms with Crippen molar-refractivity contribution in [2.75, 3.05) is 44.0 Å². The fourth-order valence-corrected chi connectivity index (χ4v) is 6.25. The van der Waals surface area contributed by atoms with Crippen molar-refractivity contribution in [3.8, 4) is 5.88 Å². The molecule has 10 nitrogen and oxygen atoms in total. The number of hydrogen-bond acceptors (Lipinski definition) is 8. The van der Waals surface area contributed by atoms with Crippen molar-refractivity contribution >= 4 is 27.4 Å². The van der Waals surface area contributed by atoms with Gasteiger partial charge in [-0.25, -0.2) is 23.2 Å². The van der Waals surface area contributed by atoms with Gasteiger partial charge in [0.2, 0.25) is 5.88 Å². The third-order valence-electron chi connectivity index (χ3n) is 7.58. The van der Waals surface area contributed by atoms with E-state index in [-0.39, 0.29) is 17.9 Å². The van der Waals surface area contributed by atoms with Crippen LogP contribution in [0.3, 0.4) is 0 Å². The largest absolute Gasteiger partial charge is 0.473 e. The zero-order valence-corrected chi connectivity index (χ0v) is 20.9. The van der Waals surface area contributed by atoms with Crippen LogP contribution < -0.4 is 9.64 Å². The van der Waals surface area contributed by atoms with Crippen molar-refractivity contribution in [2.45, 2.75) is 31.3 Å². The summed E-state index contributed by atoms with van der Waals surface area (Å²) in [7, 11) is -3.27. The number of anilines is 2. The Balaban J connectivity index is 1.42. The number of fused-ring (bicyclic) bond motifs is 3. The summed E-state index contributed by atoms with van der Waals surface area (Å²) in [6, 6.07) is 6.97. The molecule has 35 heavy (non-hydrogen) atoms. The second-order valence-corrected chi connectivity index (χ2v) is 12.1. The Kier molecular flexibility index (Phi) is 5.87. The van der Waals surface area contributed by atoms with Gasteiger partial charge in [-0.3, -0.25) is 0 Å². The molecule has 2 aromatic rings. The highest BCUT2D eigenvalue weighted by Gasteiger charge is 2.55. The third-order valence-corrected chi connectivity index (χ3v) is 8.69. The second-order valence-electron chi connectivity index (χ2n) is 10.0. The summed E-state index contributed by atoms with van der Waals surface area (Å²) in [5.74, 6) is 1.13. The predicted octanol–water partition coefficient (Wildman–Crippen LogP) is 2.60. The normalized spacial score (nSPS) is 26.1. The fraction of sp³-hybridized carbons (Fsp3) is 0.542. The zero-order valence-electron chi connectivity index (χ0n) is 20.0. The molecule has 3 atom stereocenters. The minimum atomic E-state index is -3.27. The summed E-state index contributed by atoms with van der Waals surface area (Å²) in [6.45, 7) is 6.38. The summed E-state index contributed by atoms with van der Waals surface area (Å²) < 4.78 is 36.3. The topological polar surface area (TPSA) is 122 Å². The van der Waals surface area contributed by atoms with E-state index in [0.717, 1.165) is 11.3 Å². The number of aromatic nitrogens is 2. The first kappa shape index (κ1) is 23.8. The van der Waals surface area contributed by atoms with Gasteiger partial charge in [-0.15, -0.1) is 0 Å².